The highest BCUT2D eigenvalue weighted by Crippen LogP contribution is 2.07. The standard InChI is InChI=1S/C18H26N4O2/c1-3-14(2)17(23)11-21-18(24)20-10-15-4-6-16(7-5-15)12-22-9-8-19-13-22/h4-9,13-14,17,23H,3,10-12H2,1-2H3,(H2,20,21,24). The van der Waals surface area contributed by atoms with Crippen molar-refractivity contribution in [2.75, 3.05) is 6.54 Å². The molecule has 0 spiro atoms. The molecule has 2 aromatic rings. The number of urea groups is 1. The molecule has 0 radical (unpaired) electrons. The molecule has 3 N–H and O–H groups in total. The summed E-state index contributed by atoms with van der Waals surface area (Å²) in [5.74, 6) is 0.174. The van der Waals surface area contributed by atoms with Crippen molar-refractivity contribution < 1.29 is 9.90 Å². The predicted octanol–water partition coefficient (Wildman–Crippen LogP) is 2.14. The van der Waals surface area contributed by atoms with Gasteiger partial charge in [0.2, 0.25) is 0 Å². The van der Waals surface area contributed by atoms with Crippen LogP contribution < -0.4 is 10.6 Å². The van der Waals surface area contributed by atoms with Gasteiger partial charge < -0.3 is 20.3 Å². The number of nitrogens with zero attached hydrogens (tertiary/aromatic N) is 2. The molecule has 0 saturated heterocycles. The van der Waals surface area contributed by atoms with Crippen molar-refractivity contribution in [1.82, 2.24) is 20.2 Å². The van der Waals surface area contributed by atoms with Crippen LogP contribution in [0.2, 0.25) is 0 Å². The lowest BCUT2D eigenvalue weighted by Crippen LogP contribution is -2.41. The molecule has 0 bridgehead atoms. The molecule has 6 heteroatoms. The van der Waals surface area contributed by atoms with Gasteiger partial charge in [-0.05, 0) is 17.0 Å². The van der Waals surface area contributed by atoms with E-state index in [1.807, 2.05) is 48.9 Å². The summed E-state index contributed by atoms with van der Waals surface area (Å²) >= 11 is 0. The van der Waals surface area contributed by atoms with Gasteiger partial charge in [-0.2, -0.15) is 0 Å². The Morgan fingerprint density at radius 2 is 1.96 bits per heavy atom. The monoisotopic (exact) mass is 330 g/mol. The molecular formula is C18H26N4O2. The van der Waals surface area contributed by atoms with Crippen molar-refractivity contribution in [1.29, 1.82) is 0 Å². The third-order valence-electron chi connectivity index (χ3n) is 4.17. The van der Waals surface area contributed by atoms with E-state index in [1.165, 1.54) is 5.56 Å². The van der Waals surface area contributed by atoms with Crippen molar-refractivity contribution in [3.63, 3.8) is 0 Å². The Morgan fingerprint density at radius 3 is 2.58 bits per heavy atom. The minimum atomic E-state index is -0.511. The molecule has 1 aromatic carbocycles. The predicted molar refractivity (Wildman–Crippen MR) is 93.5 cm³/mol. The molecule has 0 fully saturated rings. The van der Waals surface area contributed by atoms with E-state index in [0.717, 1.165) is 18.5 Å². The number of hydrogen-bond donors (Lipinski definition) is 3. The second-order valence-corrected chi connectivity index (χ2v) is 6.07. The molecule has 1 aromatic heterocycles. The Kier molecular flexibility index (Phi) is 6.81. The summed E-state index contributed by atoms with van der Waals surface area (Å²) in [7, 11) is 0. The summed E-state index contributed by atoms with van der Waals surface area (Å²) < 4.78 is 2.00. The van der Waals surface area contributed by atoms with Gasteiger partial charge in [0.1, 0.15) is 0 Å². The molecule has 1 heterocycles. The number of benzene rings is 1. The molecule has 2 amide bonds. The van der Waals surface area contributed by atoms with Gasteiger partial charge in [-0.15, -0.1) is 0 Å². The topological polar surface area (TPSA) is 79.2 Å². The van der Waals surface area contributed by atoms with Gasteiger partial charge >= 0.3 is 6.03 Å². The number of aromatic nitrogens is 2. The molecule has 0 aliphatic carbocycles. The zero-order chi connectivity index (χ0) is 17.4. The van der Waals surface area contributed by atoms with Crippen molar-refractivity contribution in [2.45, 2.75) is 39.5 Å². The zero-order valence-corrected chi connectivity index (χ0v) is 14.3. The molecule has 2 unspecified atom stereocenters. The number of rotatable bonds is 8. The summed E-state index contributed by atoms with van der Waals surface area (Å²) in [5, 5.41) is 15.3. The van der Waals surface area contributed by atoms with Gasteiger partial charge in [-0.25, -0.2) is 9.78 Å². The summed E-state index contributed by atoms with van der Waals surface area (Å²) in [6.45, 7) is 5.49. The minimum absolute atomic E-state index is 0.174. The smallest absolute Gasteiger partial charge is 0.315 e. The fourth-order valence-corrected chi connectivity index (χ4v) is 2.27. The fraction of sp³-hybridized carbons (Fsp3) is 0.444. The third kappa shape index (κ3) is 5.70. The molecule has 130 valence electrons. The molecule has 2 atom stereocenters. The van der Waals surface area contributed by atoms with E-state index in [9.17, 15) is 9.90 Å². The zero-order valence-electron chi connectivity index (χ0n) is 14.3. The maximum atomic E-state index is 11.8. The summed E-state index contributed by atoms with van der Waals surface area (Å²) in [6, 6.07) is 7.82. The second-order valence-electron chi connectivity index (χ2n) is 6.07. The number of carbonyl (C=O) groups is 1. The SMILES string of the molecule is CCC(C)C(O)CNC(=O)NCc1ccc(Cn2ccnc2)cc1. The van der Waals surface area contributed by atoms with Crippen LogP contribution in [-0.4, -0.2) is 33.3 Å². The van der Waals surface area contributed by atoms with E-state index < -0.39 is 6.10 Å². The Balaban J connectivity index is 1.72. The van der Waals surface area contributed by atoms with E-state index in [1.54, 1.807) is 12.5 Å². The third-order valence-corrected chi connectivity index (χ3v) is 4.17. The van der Waals surface area contributed by atoms with Crippen LogP contribution in [0, 0.1) is 5.92 Å². The Labute approximate surface area is 142 Å². The van der Waals surface area contributed by atoms with E-state index in [4.69, 9.17) is 0 Å². The highest BCUT2D eigenvalue weighted by molar-refractivity contribution is 5.73. The van der Waals surface area contributed by atoms with Crippen molar-refractivity contribution >= 4 is 6.03 Å². The van der Waals surface area contributed by atoms with Crippen LogP contribution >= 0.6 is 0 Å². The van der Waals surface area contributed by atoms with Crippen LogP contribution in [0.1, 0.15) is 31.4 Å². The Morgan fingerprint density at radius 1 is 1.25 bits per heavy atom. The van der Waals surface area contributed by atoms with Crippen LogP contribution in [0.25, 0.3) is 0 Å². The number of carbonyl (C=O) groups excluding carboxylic acids is 1. The summed E-state index contributed by atoms with van der Waals surface area (Å²) in [4.78, 5) is 15.8. The number of amides is 2. The van der Waals surface area contributed by atoms with Crippen LogP contribution in [0.5, 0.6) is 0 Å². The fourth-order valence-electron chi connectivity index (χ4n) is 2.27. The maximum absolute atomic E-state index is 11.8. The lowest BCUT2D eigenvalue weighted by molar-refractivity contribution is 0.114. The van der Waals surface area contributed by atoms with Crippen LogP contribution in [0.15, 0.2) is 43.0 Å². The van der Waals surface area contributed by atoms with Crippen LogP contribution in [0.4, 0.5) is 4.79 Å². The normalized spacial score (nSPS) is 13.3. The van der Waals surface area contributed by atoms with Gasteiger partial charge in [0.15, 0.2) is 0 Å². The summed E-state index contributed by atoms with van der Waals surface area (Å²) in [6.07, 6.45) is 5.84. The number of aliphatic hydroxyl groups excluding tert-OH is 1. The average Bonchev–Trinajstić information content (AvgIpc) is 3.11. The number of hydrogen-bond acceptors (Lipinski definition) is 3. The summed E-state index contributed by atoms with van der Waals surface area (Å²) in [5.41, 5.74) is 2.21. The molecule has 2 rings (SSSR count). The quantitative estimate of drug-likeness (QED) is 0.694. The highest BCUT2D eigenvalue weighted by atomic mass is 16.3. The van der Waals surface area contributed by atoms with E-state index in [-0.39, 0.29) is 18.5 Å². The van der Waals surface area contributed by atoms with Crippen LogP contribution in [-0.2, 0) is 13.1 Å². The van der Waals surface area contributed by atoms with Gasteiger partial charge in [0.05, 0.1) is 12.4 Å². The molecule has 0 saturated carbocycles. The Hall–Kier alpha value is -2.34. The lowest BCUT2D eigenvalue weighted by Gasteiger charge is -2.17. The number of aliphatic hydroxyl groups is 1. The minimum Gasteiger partial charge on any atom is -0.391 e. The van der Waals surface area contributed by atoms with Crippen molar-refractivity contribution in [2.24, 2.45) is 5.92 Å². The first-order chi connectivity index (χ1) is 11.6. The average molecular weight is 330 g/mol. The van der Waals surface area contributed by atoms with Gasteiger partial charge in [-0.3, -0.25) is 0 Å². The number of nitrogens with one attached hydrogen (secondary N) is 2. The molecular weight excluding hydrogens is 304 g/mol. The molecule has 0 aliphatic heterocycles. The van der Waals surface area contributed by atoms with E-state index in [0.29, 0.717) is 6.54 Å². The van der Waals surface area contributed by atoms with Gasteiger partial charge in [-0.1, -0.05) is 44.5 Å². The van der Waals surface area contributed by atoms with Crippen molar-refractivity contribution in [3.05, 3.63) is 54.1 Å². The molecule has 24 heavy (non-hydrogen) atoms. The lowest BCUT2D eigenvalue weighted by atomic mass is 10.0. The van der Waals surface area contributed by atoms with Crippen LogP contribution in [0.3, 0.4) is 0 Å². The van der Waals surface area contributed by atoms with Crippen molar-refractivity contribution in [3.8, 4) is 0 Å². The first kappa shape index (κ1) is 18.0. The molecule has 6 nitrogen and oxygen atoms in total. The molecule has 0 aliphatic rings. The maximum Gasteiger partial charge on any atom is 0.315 e. The second kappa shape index (κ2) is 9.08. The van der Waals surface area contributed by atoms with E-state index in [2.05, 4.69) is 15.6 Å². The van der Waals surface area contributed by atoms with Gasteiger partial charge in [0, 0.05) is 32.0 Å². The van der Waals surface area contributed by atoms with Gasteiger partial charge in [0.25, 0.3) is 0 Å². The number of imidazole rings is 1. The first-order valence-corrected chi connectivity index (χ1v) is 8.31. The Bertz CT molecular complexity index is 610. The first-order valence-electron chi connectivity index (χ1n) is 8.31. The van der Waals surface area contributed by atoms with E-state index >= 15 is 0 Å². The largest absolute Gasteiger partial charge is 0.391 e. The highest BCUT2D eigenvalue weighted by Gasteiger charge is 2.12.